The summed E-state index contributed by atoms with van der Waals surface area (Å²) >= 11 is 9.27. The van der Waals surface area contributed by atoms with E-state index in [0.717, 1.165) is 0 Å². The maximum atomic E-state index is 13.6. The first-order valence-corrected chi connectivity index (χ1v) is 6.01. The Kier molecular flexibility index (Phi) is 3.54. The number of halogens is 3. The Morgan fingerprint density at radius 1 is 1.12 bits per heavy atom. The molecule has 0 spiro atoms. The lowest BCUT2D eigenvalue weighted by Crippen LogP contribution is -1.99. The average molecular weight is 316 g/mol. The van der Waals surface area contributed by atoms with Gasteiger partial charge in [-0.15, -0.1) is 0 Å². The number of anilines is 3. The Morgan fingerprint density at radius 3 is 2.47 bits per heavy atom. The quantitative estimate of drug-likeness (QED) is 0.797. The fourth-order valence-corrected chi connectivity index (χ4v) is 2.09. The average Bonchev–Trinajstić information content (AvgIpc) is 2.27. The first-order valence-electron chi connectivity index (χ1n) is 4.84. The van der Waals surface area contributed by atoms with E-state index < -0.39 is 0 Å². The number of nitrogens with two attached hydrogens (primary N) is 1. The third-order valence-electron chi connectivity index (χ3n) is 2.26. The molecule has 0 heterocycles. The molecular weight excluding hydrogens is 307 g/mol. The van der Waals surface area contributed by atoms with Crippen LogP contribution in [0.2, 0.25) is 5.02 Å². The molecule has 3 N–H and O–H groups in total. The van der Waals surface area contributed by atoms with E-state index in [4.69, 9.17) is 17.3 Å². The molecule has 0 unspecified atom stereocenters. The van der Waals surface area contributed by atoms with Gasteiger partial charge in [-0.3, -0.25) is 0 Å². The van der Waals surface area contributed by atoms with Crippen molar-refractivity contribution in [1.29, 1.82) is 0 Å². The van der Waals surface area contributed by atoms with Gasteiger partial charge < -0.3 is 11.1 Å². The van der Waals surface area contributed by atoms with Gasteiger partial charge in [0.15, 0.2) is 0 Å². The molecule has 2 nitrogen and oxygen atoms in total. The molecule has 0 aliphatic heterocycles. The molecule has 0 saturated carbocycles. The summed E-state index contributed by atoms with van der Waals surface area (Å²) in [5.41, 5.74) is 7.06. The van der Waals surface area contributed by atoms with Gasteiger partial charge in [0.1, 0.15) is 5.82 Å². The van der Waals surface area contributed by atoms with Gasteiger partial charge >= 0.3 is 0 Å². The number of para-hydroxylation sites is 2. The van der Waals surface area contributed by atoms with Gasteiger partial charge in [0.25, 0.3) is 0 Å². The lowest BCUT2D eigenvalue weighted by molar-refractivity contribution is 0.631. The molecule has 0 aliphatic carbocycles. The van der Waals surface area contributed by atoms with Crippen molar-refractivity contribution in [1.82, 2.24) is 0 Å². The molecule has 2 aromatic rings. The minimum absolute atomic E-state index is 0.312. The molecule has 5 heteroatoms. The van der Waals surface area contributed by atoms with Crippen molar-refractivity contribution >= 4 is 44.6 Å². The summed E-state index contributed by atoms with van der Waals surface area (Å²) in [5.74, 6) is -0.376. The molecule has 0 fully saturated rings. The highest BCUT2D eigenvalue weighted by Crippen LogP contribution is 2.34. The molecule has 88 valence electrons. The van der Waals surface area contributed by atoms with Gasteiger partial charge in [0, 0.05) is 4.47 Å². The highest BCUT2D eigenvalue weighted by Gasteiger charge is 2.10. The van der Waals surface area contributed by atoms with Crippen LogP contribution in [0.25, 0.3) is 0 Å². The van der Waals surface area contributed by atoms with E-state index in [0.29, 0.717) is 26.6 Å². The number of hydrogen-bond acceptors (Lipinski definition) is 2. The van der Waals surface area contributed by atoms with Crippen molar-refractivity contribution in [3.63, 3.8) is 0 Å². The Hall–Kier alpha value is -1.26. The van der Waals surface area contributed by atoms with Crippen LogP contribution in [-0.2, 0) is 0 Å². The van der Waals surface area contributed by atoms with E-state index in [-0.39, 0.29) is 5.82 Å². The largest absolute Gasteiger partial charge is 0.397 e. The van der Waals surface area contributed by atoms with Crippen molar-refractivity contribution in [2.24, 2.45) is 0 Å². The van der Waals surface area contributed by atoms with E-state index in [1.807, 2.05) is 0 Å². The fraction of sp³-hybridized carbons (Fsp3) is 0. The van der Waals surface area contributed by atoms with Crippen LogP contribution >= 0.6 is 27.5 Å². The lowest BCUT2D eigenvalue weighted by Gasteiger charge is -2.13. The number of rotatable bonds is 2. The van der Waals surface area contributed by atoms with E-state index in [1.54, 1.807) is 30.3 Å². The van der Waals surface area contributed by atoms with Crippen LogP contribution < -0.4 is 11.1 Å². The van der Waals surface area contributed by atoms with E-state index in [1.165, 1.54) is 6.07 Å². The molecule has 0 amide bonds. The van der Waals surface area contributed by atoms with Crippen LogP contribution in [0.15, 0.2) is 40.9 Å². The Bertz CT molecular complexity index is 470. The summed E-state index contributed by atoms with van der Waals surface area (Å²) in [5, 5.41) is 3.34. The Labute approximate surface area is 112 Å². The smallest absolute Gasteiger partial charge is 0.147 e. The topological polar surface area (TPSA) is 38.0 Å². The van der Waals surface area contributed by atoms with Crippen LogP contribution in [-0.4, -0.2) is 0 Å². The molecular formula is C12H9BrClFN2. The zero-order chi connectivity index (χ0) is 12.4. The molecule has 0 aromatic heterocycles. The number of nitrogens with one attached hydrogen (secondary N) is 1. The molecule has 0 bridgehead atoms. The van der Waals surface area contributed by atoms with Gasteiger partial charge in [-0.05, 0) is 40.2 Å². The van der Waals surface area contributed by atoms with Gasteiger partial charge in [0.05, 0.1) is 22.1 Å². The first kappa shape index (κ1) is 12.2. The first-order chi connectivity index (χ1) is 8.09. The lowest BCUT2D eigenvalue weighted by atomic mass is 10.2. The maximum absolute atomic E-state index is 13.6. The van der Waals surface area contributed by atoms with Crippen molar-refractivity contribution in [2.45, 2.75) is 0 Å². The predicted octanol–water partition coefficient (Wildman–Crippen LogP) is 4.57. The third-order valence-corrected chi connectivity index (χ3v) is 3.23. The zero-order valence-corrected chi connectivity index (χ0v) is 11.0. The van der Waals surface area contributed by atoms with Gasteiger partial charge in [-0.1, -0.05) is 23.7 Å². The van der Waals surface area contributed by atoms with Gasteiger partial charge in [-0.2, -0.15) is 0 Å². The monoisotopic (exact) mass is 314 g/mol. The van der Waals surface area contributed by atoms with Crippen LogP contribution in [0.3, 0.4) is 0 Å². The van der Waals surface area contributed by atoms with E-state index in [9.17, 15) is 4.39 Å². The fourth-order valence-electron chi connectivity index (χ4n) is 1.41. The summed E-state index contributed by atoms with van der Waals surface area (Å²) in [6, 6.07) is 9.83. The van der Waals surface area contributed by atoms with Crippen molar-refractivity contribution in [2.75, 3.05) is 11.1 Å². The zero-order valence-electron chi connectivity index (χ0n) is 8.68. The standard InChI is InChI=1S/C12H9BrClFN2/c13-7-3-1-5-9(15)11(7)17-12-8(14)4-2-6-10(12)16/h1-6,17H,16H2. The van der Waals surface area contributed by atoms with Crippen LogP contribution in [0.1, 0.15) is 0 Å². The Morgan fingerprint density at radius 2 is 1.82 bits per heavy atom. The minimum atomic E-state index is -0.376. The highest BCUT2D eigenvalue weighted by atomic mass is 79.9. The second-order valence-electron chi connectivity index (χ2n) is 3.43. The normalized spacial score (nSPS) is 10.3. The second kappa shape index (κ2) is 4.94. The Balaban J connectivity index is 2.45. The predicted molar refractivity (Wildman–Crippen MR) is 73.2 cm³/mol. The second-order valence-corrected chi connectivity index (χ2v) is 4.69. The van der Waals surface area contributed by atoms with E-state index in [2.05, 4.69) is 21.2 Å². The number of benzene rings is 2. The van der Waals surface area contributed by atoms with Crippen LogP contribution in [0.4, 0.5) is 21.5 Å². The van der Waals surface area contributed by atoms with Crippen LogP contribution in [0, 0.1) is 5.82 Å². The van der Waals surface area contributed by atoms with Crippen molar-refractivity contribution < 1.29 is 4.39 Å². The van der Waals surface area contributed by atoms with Crippen molar-refractivity contribution in [3.8, 4) is 0 Å². The highest BCUT2D eigenvalue weighted by molar-refractivity contribution is 9.10. The van der Waals surface area contributed by atoms with E-state index >= 15 is 0 Å². The van der Waals surface area contributed by atoms with Gasteiger partial charge in [-0.25, -0.2) is 4.39 Å². The van der Waals surface area contributed by atoms with Crippen molar-refractivity contribution in [3.05, 3.63) is 51.7 Å². The number of hydrogen-bond donors (Lipinski definition) is 2. The summed E-state index contributed by atoms with van der Waals surface area (Å²) in [6.07, 6.45) is 0. The molecule has 0 saturated heterocycles. The minimum Gasteiger partial charge on any atom is -0.397 e. The summed E-state index contributed by atoms with van der Waals surface area (Å²) in [7, 11) is 0. The maximum Gasteiger partial charge on any atom is 0.147 e. The molecule has 2 rings (SSSR count). The summed E-state index contributed by atoms with van der Waals surface area (Å²) in [6.45, 7) is 0. The molecule has 2 aromatic carbocycles. The van der Waals surface area contributed by atoms with Gasteiger partial charge in [0.2, 0.25) is 0 Å². The molecule has 0 aliphatic rings. The molecule has 0 radical (unpaired) electrons. The summed E-state index contributed by atoms with van der Waals surface area (Å²) < 4.78 is 14.2. The number of nitrogen functional groups attached to an aromatic ring is 1. The molecule has 0 atom stereocenters. The third kappa shape index (κ3) is 2.53. The SMILES string of the molecule is Nc1cccc(Cl)c1Nc1c(F)cccc1Br. The van der Waals surface area contributed by atoms with Crippen LogP contribution in [0.5, 0.6) is 0 Å². The molecule has 17 heavy (non-hydrogen) atoms. The summed E-state index contributed by atoms with van der Waals surface area (Å²) in [4.78, 5) is 0.